The summed E-state index contributed by atoms with van der Waals surface area (Å²) in [5.74, 6) is -0.689. The van der Waals surface area contributed by atoms with Crippen molar-refractivity contribution in [1.82, 2.24) is 0 Å². The molecule has 0 radical (unpaired) electrons. The number of anilines is 1. The minimum Gasteiger partial charge on any atom is -0.497 e. The molecule has 0 aromatic heterocycles. The number of carbonyl (C=O) groups excluding carboxylic acids is 2. The summed E-state index contributed by atoms with van der Waals surface area (Å²) in [6, 6.07) is 4.84. The number of methoxy groups -OCH3 is 2. The van der Waals surface area contributed by atoms with Gasteiger partial charge >= 0.3 is 5.97 Å². The highest BCUT2D eigenvalue weighted by molar-refractivity contribution is 7.94. The molecule has 1 aromatic rings. The largest absolute Gasteiger partial charge is 0.497 e. The molecule has 1 heterocycles. The lowest BCUT2D eigenvalue weighted by molar-refractivity contribution is -0.147. The molecule has 1 N–H and O–H groups in total. The van der Waals surface area contributed by atoms with Gasteiger partial charge in [0, 0.05) is 35.2 Å². The van der Waals surface area contributed by atoms with E-state index >= 15 is 0 Å². The highest BCUT2D eigenvalue weighted by atomic mass is 32.2. The number of hydrogen-bond donors (Lipinski definition) is 1. The molecule has 1 aromatic carbocycles. The molecular weight excluding hydrogens is 350 g/mol. The summed E-state index contributed by atoms with van der Waals surface area (Å²) in [5.41, 5.74) is 0.432. The third-order valence-electron chi connectivity index (χ3n) is 3.43. The monoisotopic (exact) mass is 369 g/mol. The van der Waals surface area contributed by atoms with Crippen molar-refractivity contribution in [2.75, 3.05) is 31.9 Å². The van der Waals surface area contributed by atoms with Crippen molar-refractivity contribution in [3.63, 3.8) is 0 Å². The van der Waals surface area contributed by atoms with Gasteiger partial charge in [-0.25, -0.2) is 8.42 Å². The van der Waals surface area contributed by atoms with Gasteiger partial charge in [0.25, 0.3) is 5.91 Å². The van der Waals surface area contributed by atoms with E-state index in [9.17, 15) is 18.0 Å². The maximum atomic E-state index is 11.9. The van der Waals surface area contributed by atoms with Gasteiger partial charge in [0.2, 0.25) is 0 Å². The quantitative estimate of drug-likeness (QED) is 0.718. The Kier molecular flexibility index (Phi) is 6.02. The molecule has 1 amide bonds. The number of allylic oxidation sites excluding steroid dienone is 1. The van der Waals surface area contributed by atoms with E-state index in [4.69, 9.17) is 14.2 Å². The van der Waals surface area contributed by atoms with Crippen molar-refractivity contribution < 1.29 is 32.2 Å². The maximum Gasteiger partial charge on any atom is 0.306 e. The Morgan fingerprint density at radius 3 is 2.32 bits per heavy atom. The van der Waals surface area contributed by atoms with Gasteiger partial charge in [-0.2, -0.15) is 0 Å². The first kappa shape index (κ1) is 18.8. The highest BCUT2D eigenvalue weighted by Gasteiger charge is 2.24. The van der Waals surface area contributed by atoms with E-state index in [1.54, 1.807) is 18.2 Å². The maximum absolute atomic E-state index is 11.9. The van der Waals surface area contributed by atoms with Gasteiger partial charge in [-0.15, -0.1) is 0 Å². The molecule has 1 unspecified atom stereocenters. The number of hydrogen-bond acceptors (Lipinski definition) is 7. The first-order valence-electron chi connectivity index (χ1n) is 7.41. The molecule has 0 bridgehead atoms. The summed E-state index contributed by atoms with van der Waals surface area (Å²) < 4.78 is 37.6. The van der Waals surface area contributed by atoms with Gasteiger partial charge in [0.05, 0.1) is 26.4 Å². The fraction of sp³-hybridized carbons (Fsp3) is 0.375. The average molecular weight is 369 g/mol. The van der Waals surface area contributed by atoms with Crippen LogP contribution < -0.4 is 14.8 Å². The molecule has 8 nitrogen and oxygen atoms in total. The van der Waals surface area contributed by atoms with Crippen LogP contribution in [0.2, 0.25) is 0 Å². The predicted molar refractivity (Wildman–Crippen MR) is 90.2 cm³/mol. The topological polar surface area (TPSA) is 108 Å². The van der Waals surface area contributed by atoms with Crippen LogP contribution >= 0.6 is 0 Å². The number of benzene rings is 1. The fourth-order valence-corrected chi connectivity index (χ4v) is 3.66. The second-order valence-electron chi connectivity index (χ2n) is 5.43. The number of rotatable bonds is 7. The standard InChI is InChI=1S/C16H19NO7S/c1-22-13-6-12(7-14(8-13)23-2)17-15(18)9-24-16(19)5-11-3-4-25(20,21)10-11/h3-4,6-8,11H,5,9-10H2,1-2H3,(H,17,18). The van der Waals surface area contributed by atoms with E-state index < -0.39 is 34.2 Å². The molecule has 0 aliphatic carbocycles. The molecule has 1 aliphatic heterocycles. The van der Waals surface area contributed by atoms with Crippen molar-refractivity contribution in [1.29, 1.82) is 0 Å². The molecule has 1 aliphatic rings. The summed E-state index contributed by atoms with van der Waals surface area (Å²) in [5, 5.41) is 3.66. The normalized spacial score (nSPS) is 17.8. The average Bonchev–Trinajstić information content (AvgIpc) is 2.91. The minimum atomic E-state index is -3.22. The van der Waals surface area contributed by atoms with Crippen LogP contribution in [0.15, 0.2) is 29.7 Å². The SMILES string of the molecule is COc1cc(NC(=O)COC(=O)CC2C=CS(=O)(=O)C2)cc(OC)c1. The molecule has 0 fully saturated rings. The van der Waals surface area contributed by atoms with E-state index in [2.05, 4.69) is 5.32 Å². The van der Waals surface area contributed by atoms with Crippen LogP contribution in [-0.2, 0) is 24.2 Å². The van der Waals surface area contributed by atoms with Crippen LogP contribution in [0.1, 0.15) is 6.42 Å². The smallest absolute Gasteiger partial charge is 0.306 e. The second-order valence-corrected chi connectivity index (χ2v) is 7.36. The van der Waals surface area contributed by atoms with Crippen molar-refractivity contribution in [2.24, 2.45) is 5.92 Å². The van der Waals surface area contributed by atoms with E-state index in [1.165, 1.54) is 20.3 Å². The molecule has 25 heavy (non-hydrogen) atoms. The Balaban J connectivity index is 1.82. The van der Waals surface area contributed by atoms with Gasteiger partial charge < -0.3 is 19.5 Å². The molecule has 0 spiro atoms. The van der Waals surface area contributed by atoms with Crippen LogP contribution in [-0.4, -0.2) is 46.9 Å². The zero-order chi connectivity index (χ0) is 18.4. The Hall–Kier alpha value is -2.55. The molecule has 136 valence electrons. The van der Waals surface area contributed by atoms with Crippen molar-refractivity contribution in [3.8, 4) is 11.5 Å². The van der Waals surface area contributed by atoms with Gasteiger partial charge in [-0.1, -0.05) is 6.08 Å². The number of esters is 1. The minimum absolute atomic E-state index is 0.0873. The molecule has 2 rings (SSSR count). The summed E-state index contributed by atoms with van der Waals surface area (Å²) in [7, 11) is -0.246. The first-order chi connectivity index (χ1) is 11.8. The number of nitrogens with one attached hydrogen (secondary N) is 1. The Labute approximate surface area is 145 Å². The van der Waals surface area contributed by atoms with Gasteiger partial charge in [-0.05, 0) is 0 Å². The fourth-order valence-electron chi connectivity index (χ4n) is 2.26. The summed E-state index contributed by atoms with van der Waals surface area (Å²) in [4.78, 5) is 23.6. The number of ether oxygens (including phenoxy) is 3. The zero-order valence-corrected chi connectivity index (χ0v) is 14.7. The molecule has 1 atom stereocenters. The second kappa shape index (κ2) is 8.02. The van der Waals surface area contributed by atoms with Gasteiger partial charge in [0.15, 0.2) is 16.4 Å². The van der Waals surface area contributed by atoms with Crippen LogP contribution in [0.3, 0.4) is 0 Å². The number of carbonyl (C=O) groups is 2. The summed E-state index contributed by atoms with van der Waals surface area (Å²) >= 11 is 0. The summed E-state index contributed by atoms with van der Waals surface area (Å²) in [6.07, 6.45) is 1.37. The summed E-state index contributed by atoms with van der Waals surface area (Å²) in [6.45, 7) is -0.471. The van der Waals surface area contributed by atoms with Crippen LogP contribution in [0.5, 0.6) is 11.5 Å². The third kappa shape index (κ3) is 5.79. The van der Waals surface area contributed by atoms with Gasteiger partial charge in [0.1, 0.15) is 11.5 Å². The van der Waals surface area contributed by atoms with E-state index in [1.807, 2.05) is 0 Å². The van der Waals surface area contributed by atoms with Crippen molar-refractivity contribution in [2.45, 2.75) is 6.42 Å². The molecule has 0 saturated carbocycles. The van der Waals surface area contributed by atoms with Gasteiger partial charge in [-0.3, -0.25) is 9.59 Å². The Morgan fingerprint density at radius 1 is 1.16 bits per heavy atom. The van der Waals surface area contributed by atoms with Crippen molar-refractivity contribution in [3.05, 3.63) is 29.7 Å². The lowest BCUT2D eigenvalue weighted by atomic mass is 10.1. The van der Waals surface area contributed by atoms with Crippen molar-refractivity contribution >= 4 is 27.4 Å². The number of amides is 1. The molecule has 0 saturated heterocycles. The first-order valence-corrected chi connectivity index (χ1v) is 9.12. The molecule has 9 heteroatoms. The van der Waals surface area contributed by atoms with E-state index in [-0.39, 0.29) is 12.2 Å². The Morgan fingerprint density at radius 2 is 1.80 bits per heavy atom. The zero-order valence-electron chi connectivity index (χ0n) is 13.9. The third-order valence-corrected chi connectivity index (χ3v) is 4.90. The van der Waals surface area contributed by atoms with E-state index in [0.717, 1.165) is 5.41 Å². The molecular formula is C16H19NO7S. The van der Waals surface area contributed by atoms with E-state index in [0.29, 0.717) is 17.2 Å². The van der Waals surface area contributed by atoms with Crippen LogP contribution in [0.25, 0.3) is 0 Å². The Bertz CT molecular complexity index is 763. The van der Waals surface area contributed by atoms with Crippen LogP contribution in [0, 0.1) is 5.92 Å². The number of sulfone groups is 1. The lowest BCUT2D eigenvalue weighted by Gasteiger charge is -2.11. The van der Waals surface area contributed by atoms with Crippen LogP contribution in [0.4, 0.5) is 5.69 Å². The highest BCUT2D eigenvalue weighted by Crippen LogP contribution is 2.25. The predicted octanol–water partition coefficient (Wildman–Crippen LogP) is 1.13. The lowest BCUT2D eigenvalue weighted by Crippen LogP contribution is -2.22.